The Morgan fingerprint density at radius 3 is 1.67 bits per heavy atom. The van der Waals surface area contributed by atoms with Crippen LogP contribution in [0.4, 0.5) is 5.69 Å². The van der Waals surface area contributed by atoms with Crippen LogP contribution < -0.4 is 9.05 Å². The number of nitro groups is 1. The molecule has 0 bridgehead atoms. The zero-order chi connectivity index (χ0) is 19.3. The van der Waals surface area contributed by atoms with E-state index in [1.807, 2.05) is 0 Å². The van der Waals surface area contributed by atoms with E-state index in [-0.39, 0.29) is 5.69 Å². The monoisotopic (exact) mass is 403 g/mol. The van der Waals surface area contributed by atoms with Gasteiger partial charge < -0.3 is 9.05 Å². The highest BCUT2D eigenvalue weighted by Crippen LogP contribution is 2.62. The predicted octanol–water partition coefficient (Wildman–Crippen LogP) is 6.18. The topological polar surface area (TPSA) is 78.7 Å². The molecule has 0 aliphatic rings. The van der Waals surface area contributed by atoms with Crippen LogP contribution in [0.2, 0.25) is 0 Å². The minimum Gasteiger partial charge on any atom is -0.415 e. The summed E-state index contributed by atoms with van der Waals surface area (Å²) in [6.07, 6.45) is 0. The summed E-state index contributed by atoms with van der Waals surface area (Å²) in [5.74, 6) is 0.675. The number of nitro benzene ring substituents is 1. The van der Waals surface area contributed by atoms with Crippen molar-refractivity contribution >= 4 is 24.9 Å². The maximum Gasteiger partial charge on any atom is 0.452 e. The molecule has 0 spiro atoms. The fraction of sp³-hybridized carbons (Fsp3) is 0.0526. The number of hydrogen-bond donors (Lipinski definition) is 0. The van der Waals surface area contributed by atoms with Gasteiger partial charge in [0.05, 0.1) is 4.92 Å². The number of halogens is 1. The average Bonchev–Trinajstić information content (AvgIpc) is 2.69. The van der Waals surface area contributed by atoms with E-state index in [1.54, 1.807) is 60.7 Å². The zero-order valence-electron chi connectivity index (χ0n) is 14.0. The highest BCUT2D eigenvalue weighted by atomic mass is 35.5. The molecule has 0 fully saturated rings. The van der Waals surface area contributed by atoms with Gasteiger partial charge in [0, 0.05) is 12.1 Å². The molecule has 0 saturated heterocycles. The number of benzene rings is 3. The van der Waals surface area contributed by atoms with Crippen molar-refractivity contribution in [2.24, 2.45) is 0 Å². The lowest BCUT2D eigenvalue weighted by Crippen LogP contribution is -2.07. The summed E-state index contributed by atoms with van der Waals surface area (Å²) in [5, 5.41) is 9.66. The second-order valence-corrected chi connectivity index (χ2v) is 8.23. The number of rotatable bonds is 7. The number of alkyl halides is 1. The van der Waals surface area contributed by atoms with Crippen molar-refractivity contribution < 1.29 is 18.5 Å². The van der Waals surface area contributed by atoms with Crippen molar-refractivity contribution in [3.05, 3.63) is 101 Å². The summed E-state index contributed by atoms with van der Waals surface area (Å²) in [4.78, 5) is 10.3. The van der Waals surface area contributed by atoms with Gasteiger partial charge in [0.15, 0.2) is 5.12 Å². The molecule has 0 radical (unpaired) electrons. The van der Waals surface area contributed by atoms with Crippen LogP contribution in [0.5, 0.6) is 11.5 Å². The van der Waals surface area contributed by atoms with Crippen molar-refractivity contribution in [1.82, 2.24) is 0 Å². The smallest absolute Gasteiger partial charge is 0.415 e. The van der Waals surface area contributed by atoms with Crippen LogP contribution in [0, 0.1) is 10.1 Å². The van der Waals surface area contributed by atoms with Gasteiger partial charge in [-0.05, 0) is 42.0 Å². The fourth-order valence-corrected chi connectivity index (χ4v) is 4.28. The maximum atomic E-state index is 13.6. The fourth-order valence-electron chi connectivity index (χ4n) is 2.31. The number of hydrogen-bond acceptors (Lipinski definition) is 5. The van der Waals surface area contributed by atoms with E-state index in [9.17, 15) is 14.7 Å². The van der Waals surface area contributed by atoms with Crippen LogP contribution in [-0.2, 0) is 4.57 Å². The van der Waals surface area contributed by atoms with Gasteiger partial charge in [0.25, 0.3) is 5.69 Å². The summed E-state index contributed by atoms with van der Waals surface area (Å²) in [5.41, 5.74) is 0.294. The number of non-ortho nitro benzene ring substituents is 1. The lowest BCUT2D eigenvalue weighted by Gasteiger charge is -2.24. The lowest BCUT2D eigenvalue weighted by atomic mass is 10.2. The molecule has 0 aliphatic carbocycles. The largest absolute Gasteiger partial charge is 0.452 e. The average molecular weight is 404 g/mol. The molecular weight excluding hydrogens is 389 g/mol. The van der Waals surface area contributed by atoms with E-state index in [1.165, 1.54) is 24.3 Å². The normalized spacial score (nSPS) is 12.2. The molecule has 1 unspecified atom stereocenters. The third-order valence-electron chi connectivity index (χ3n) is 3.61. The van der Waals surface area contributed by atoms with E-state index in [0.717, 1.165) is 0 Å². The molecule has 3 rings (SSSR count). The molecule has 138 valence electrons. The van der Waals surface area contributed by atoms with Gasteiger partial charge in [-0.25, -0.2) is 4.57 Å². The molecule has 6 nitrogen and oxygen atoms in total. The van der Waals surface area contributed by atoms with Crippen molar-refractivity contribution in [3.63, 3.8) is 0 Å². The molecule has 0 amide bonds. The Kier molecular flexibility index (Phi) is 5.79. The van der Waals surface area contributed by atoms with E-state index in [0.29, 0.717) is 17.1 Å². The van der Waals surface area contributed by atoms with Crippen LogP contribution in [-0.4, -0.2) is 4.92 Å². The first-order valence-corrected chi connectivity index (χ1v) is 10.0. The molecule has 0 aliphatic heterocycles. The van der Waals surface area contributed by atoms with Gasteiger partial charge in [-0.3, -0.25) is 10.1 Å². The van der Waals surface area contributed by atoms with Crippen LogP contribution in [0.3, 0.4) is 0 Å². The molecule has 3 aromatic rings. The van der Waals surface area contributed by atoms with Gasteiger partial charge in [-0.2, -0.15) is 0 Å². The second-order valence-electron chi connectivity index (χ2n) is 5.53. The first-order chi connectivity index (χ1) is 13.0. The van der Waals surface area contributed by atoms with Gasteiger partial charge in [0.1, 0.15) is 11.5 Å². The van der Waals surface area contributed by atoms with Crippen molar-refractivity contribution in [3.8, 4) is 11.5 Å². The van der Waals surface area contributed by atoms with Gasteiger partial charge in [-0.15, -0.1) is 11.6 Å². The maximum absolute atomic E-state index is 13.6. The van der Waals surface area contributed by atoms with Gasteiger partial charge in [-0.1, -0.05) is 36.4 Å². The van der Waals surface area contributed by atoms with E-state index in [2.05, 4.69) is 0 Å². The van der Waals surface area contributed by atoms with Crippen LogP contribution in [0.15, 0.2) is 84.9 Å². The minimum atomic E-state index is -3.92. The number of para-hydroxylation sites is 2. The van der Waals surface area contributed by atoms with E-state index >= 15 is 0 Å². The Hall–Kier alpha value is -2.82. The van der Waals surface area contributed by atoms with Crippen molar-refractivity contribution in [2.45, 2.75) is 5.12 Å². The first-order valence-electron chi connectivity index (χ1n) is 7.95. The highest BCUT2D eigenvalue weighted by molar-refractivity contribution is 7.56. The molecule has 27 heavy (non-hydrogen) atoms. The Morgan fingerprint density at radius 1 is 0.815 bits per heavy atom. The standard InChI is InChI=1S/C19H15ClNO5P/c20-19(15-11-13-16(14-12-15)21(22)23)27(24,25-17-7-3-1-4-8-17)26-18-9-5-2-6-10-18/h1-14,19H. The zero-order valence-corrected chi connectivity index (χ0v) is 15.6. The third-order valence-corrected chi connectivity index (χ3v) is 6.36. The molecule has 1 atom stereocenters. The minimum absolute atomic E-state index is 0.0922. The SMILES string of the molecule is O=[N+]([O-])c1ccc(C(Cl)P(=O)(Oc2ccccc2)Oc2ccccc2)cc1. The Labute approximate surface area is 161 Å². The molecule has 8 heteroatoms. The lowest BCUT2D eigenvalue weighted by molar-refractivity contribution is -0.384. The predicted molar refractivity (Wildman–Crippen MR) is 103 cm³/mol. The molecular formula is C19H15ClNO5P. The van der Waals surface area contributed by atoms with Crippen molar-refractivity contribution in [1.29, 1.82) is 0 Å². The Bertz CT molecular complexity index is 905. The summed E-state index contributed by atoms with van der Waals surface area (Å²) in [7, 11) is -3.92. The number of nitrogens with zero attached hydrogens (tertiary/aromatic N) is 1. The van der Waals surface area contributed by atoms with Crippen LogP contribution in [0.25, 0.3) is 0 Å². The Balaban J connectivity index is 1.94. The van der Waals surface area contributed by atoms with Gasteiger partial charge >= 0.3 is 7.60 Å². The molecule has 0 aromatic heterocycles. The summed E-state index contributed by atoms with van der Waals surface area (Å²) >= 11 is 6.46. The van der Waals surface area contributed by atoms with Crippen LogP contribution >= 0.6 is 19.2 Å². The summed E-state index contributed by atoms with van der Waals surface area (Å²) in [6, 6.07) is 22.5. The molecule has 3 aromatic carbocycles. The van der Waals surface area contributed by atoms with Crippen molar-refractivity contribution in [2.75, 3.05) is 0 Å². The third kappa shape index (κ3) is 4.67. The van der Waals surface area contributed by atoms with E-state index < -0.39 is 17.6 Å². The summed E-state index contributed by atoms with van der Waals surface area (Å²) in [6.45, 7) is 0. The molecule has 0 saturated carbocycles. The second kappa shape index (κ2) is 8.25. The Morgan fingerprint density at radius 2 is 1.26 bits per heavy atom. The highest BCUT2D eigenvalue weighted by Gasteiger charge is 2.39. The quantitative estimate of drug-likeness (QED) is 0.203. The van der Waals surface area contributed by atoms with Crippen LogP contribution in [0.1, 0.15) is 10.7 Å². The molecule has 0 heterocycles. The first kappa shape index (κ1) is 19.0. The van der Waals surface area contributed by atoms with E-state index in [4.69, 9.17) is 20.6 Å². The summed E-state index contributed by atoms with van der Waals surface area (Å²) < 4.78 is 24.9. The molecule has 0 N–H and O–H groups in total. The van der Waals surface area contributed by atoms with Gasteiger partial charge in [0.2, 0.25) is 0 Å².